The van der Waals surface area contributed by atoms with Crippen molar-refractivity contribution in [2.75, 3.05) is 0 Å². The fraction of sp³-hybridized carbons (Fsp3) is 0.0588. The molecule has 0 heteroatoms. The van der Waals surface area contributed by atoms with E-state index in [9.17, 15) is 0 Å². The van der Waals surface area contributed by atoms with Crippen molar-refractivity contribution < 1.29 is 0 Å². The number of hydrogen-bond donors (Lipinski definition) is 0. The summed E-state index contributed by atoms with van der Waals surface area (Å²) in [5, 5.41) is 15.6. The maximum absolute atomic E-state index is 2.48. The van der Waals surface area contributed by atoms with E-state index in [1.54, 1.807) is 0 Å². The molecular weight excluding hydrogens is 613 g/mol. The van der Waals surface area contributed by atoms with Gasteiger partial charge in [-0.1, -0.05) is 159 Å². The Hall–Kier alpha value is -6.24. The highest BCUT2D eigenvalue weighted by atomic mass is 14.4. The molecule has 0 saturated carbocycles. The third kappa shape index (κ3) is 3.96. The van der Waals surface area contributed by atoms with Crippen molar-refractivity contribution in [1.29, 1.82) is 0 Å². The molecule has 1 aliphatic carbocycles. The number of rotatable bonds is 2. The van der Waals surface area contributed by atoms with Crippen molar-refractivity contribution >= 4 is 64.6 Å². The third-order valence-corrected chi connectivity index (χ3v) is 11.7. The molecule has 0 nitrogen and oxygen atoms in total. The van der Waals surface area contributed by atoms with Gasteiger partial charge in [-0.05, 0) is 133 Å². The SMILES string of the molecule is CC1(C)c2cc3ccccc3cc2-c2c1c1ccc(-c3c4ccccc4c(-c4ccc5ccccc5c4)c4ccccc34)cc1c1ccccc21. The first-order valence-corrected chi connectivity index (χ1v) is 18.0. The Morgan fingerprint density at radius 3 is 1.37 bits per heavy atom. The summed E-state index contributed by atoms with van der Waals surface area (Å²) in [6.45, 7) is 4.84. The van der Waals surface area contributed by atoms with Crippen molar-refractivity contribution in [2.24, 2.45) is 0 Å². The van der Waals surface area contributed by atoms with Crippen molar-refractivity contribution in [1.82, 2.24) is 0 Å². The number of fused-ring (bicyclic) bond motifs is 12. The molecule has 0 fully saturated rings. The molecule has 10 aromatic rings. The van der Waals surface area contributed by atoms with Gasteiger partial charge in [0.1, 0.15) is 0 Å². The summed E-state index contributed by atoms with van der Waals surface area (Å²) in [7, 11) is 0. The van der Waals surface area contributed by atoms with Crippen LogP contribution in [0.3, 0.4) is 0 Å². The number of benzene rings is 10. The van der Waals surface area contributed by atoms with Gasteiger partial charge in [-0.2, -0.15) is 0 Å². The van der Waals surface area contributed by atoms with Crippen molar-refractivity contribution in [3.63, 3.8) is 0 Å². The third-order valence-electron chi connectivity index (χ3n) is 11.7. The molecule has 0 spiro atoms. The van der Waals surface area contributed by atoms with Gasteiger partial charge in [0.25, 0.3) is 0 Å². The van der Waals surface area contributed by atoms with Crippen LogP contribution in [0.1, 0.15) is 25.0 Å². The fourth-order valence-electron chi connectivity index (χ4n) is 9.47. The van der Waals surface area contributed by atoms with E-state index in [4.69, 9.17) is 0 Å². The van der Waals surface area contributed by atoms with Crippen LogP contribution >= 0.6 is 0 Å². The highest BCUT2D eigenvalue weighted by molar-refractivity contribution is 6.24. The lowest BCUT2D eigenvalue weighted by atomic mass is 9.78. The standard InChI is InChI=1S/C51H34/c1-51(2)46-30-34-16-6-5-15-33(34)28-45(46)49-38-18-8-7-17-37(38)44-29-36(25-26-43(44)50(49)51)48-41-21-11-9-19-39(41)47(40-20-10-12-22-42(40)48)35-24-23-31-13-3-4-14-32(31)27-35/h3-30H,1-2H3. The van der Waals surface area contributed by atoms with E-state index in [2.05, 4.69) is 184 Å². The second kappa shape index (κ2) is 10.4. The summed E-state index contributed by atoms with van der Waals surface area (Å²) in [6, 6.07) is 63.6. The first kappa shape index (κ1) is 28.6. The van der Waals surface area contributed by atoms with Gasteiger partial charge in [0, 0.05) is 5.41 Å². The first-order chi connectivity index (χ1) is 25.1. The van der Waals surface area contributed by atoms with Crippen LogP contribution in [0.5, 0.6) is 0 Å². The van der Waals surface area contributed by atoms with E-state index < -0.39 is 0 Å². The molecule has 0 radical (unpaired) electrons. The normalized spacial score (nSPS) is 13.5. The zero-order valence-corrected chi connectivity index (χ0v) is 28.7. The molecule has 0 unspecified atom stereocenters. The molecule has 0 aliphatic heterocycles. The van der Waals surface area contributed by atoms with Gasteiger partial charge in [0.2, 0.25) is 0 Å². The zero-order valence-electron chi connectivity index (χ0n) is 28.7. The van der Waals surface area contributed by atoms with Crippen molar-refractivity contribution in [2.45, 2.75) is 19.3 Å². The molecule has 1 aliphatic rings. The van der Waals surface area contributed by atoms with Crippen LogP contribution in [-0.2, 0) is 5.41 Å². The van der Waals surface area contributed by atoms with E-state index >= 15 is 0 Å². The van der Waals surface area contributed by atoms with Gasteiger partial charge in [0.05, 0.1) is 0 Å². The molecule has 238 valence electrons. The molecule has 0 saturated heterocycles. The van der Waals surface area contributed by atoms with Crippen LogP contribution in [0.4, 0.5) is 0 Å². The van der Waals surface area contributed by atoms with E-state index in [1.807, 2.05) is 0 Å². The van der Waals surface area contributed by atoms with Crippen LogP contribution in [0, 0.1) is 0 Å². The quantitative estimate of drug-likeness (QED) is 0.129. The van der Waals surface area contributed by atoms with E-state index in [1.165, 1.54) is 109 Å². The minimum absolute atomic E-state index is 0.139. The van der Waals surface area contributed by atoms with Gasteiger partial charge < -0.3 is 0 Å². The lowest BCUT2D eigenvalue weighted by Crippen LogP contribution is -2.15. The predicted molar refractivity (Wildman–Crippen MR) is 220 cm³/mol. The Labute approximate surface area is 297 Å². The fourth-order valence-corrected chi connectivity index (χ4v) is 9.47. The summed E-state index contributed by atoms with van der Waals surface area (Å²) < 4.78 is 0. The Bertz CT molecular complexity index is 3050. The maximum Gasteiger partial charge on any atom is 0.0165 e. The monoisotopic (exact) mass is 646 g/mol. The summed E-state index contributed by atoms with van der Waals surface area (Å²) in [5.74, 6) is 0. The highest BCUT2D eigenvalue weighted by Crippen LogP contribution is 2.56. The first-order valence-electron chi connectivity index (χ1n) is 18.0. The maximum atomic E-state index is 2.48. The Balaban J connectivity index is 1.22. The topological polar surface area (TPSA) is 0 Å². The van der Waals surface area contributed by atoms with Gasteiger partial charge >= 0.3 is 0 Å². The molecule has 0 amide bonds. The van der Waals surface area contributed by atoms with E-state index in [-0.39, 0.29) is 5.41 Å². The summed E-state index contributed by atoms with van der Waals surface area (Å²) in [6.07, 6.45) is 0. The smallest absolute Gasteiger partial charge is 0.0165 e. The summed E-state index contributed by atoms with van der Waals surface area (Å²) in [5.41, 5.74) is 10.6. The lowest BCUT2D eigenvalue weighted by molar-refractivity contribution is 0.667. The molecular formula is C51H34. The Morgan fingerprint density at radius 1 is 0.314 bits per heavy atom. The van der Waals surface area contributed by atoms with E-state index in [0.29, 0.717) is 0 Å². The van der Waals surface area contributed by atoms with Crippen LogP contribution in [-0.4, -0.2) is 0 Å². The average Bonchev–Trinajstić information content (AvgIpc) is 3.41. The molecule has 51 heavy (non-hydrogen) atoms. The van der Waals surface area contributed by atoms with Gasteiger partial charge in [-0.3, -0.25) is 0 Å². The molecule has 11 rings (SSSR count). The highest BCUT2D eigenvalue weighted by Gasteiger charge is 2.38. The largest absolute Gasteiger partial charge is 0.0616 e. The molecule has 10 aromatic carbocycles. The average molecular weight is 647 g/mol. The molecule has 0 heterocycles. The minimum Gasteiger partial charge on any atom is -0.0616 e. The van der Waals surface area contributed by atoms with Gasteiger partial charge in [-0.15, -0.1) is 0 Å². The Morgan fingerprint density at radius 2 is 0.765 bits per heavy atom. The second-order valence-electron chi connectivity index (χ2n) is 14.8. The van der Waals surface area contributed by atoms with Crippen LogP contribution in [0.15, 0.2) is 170 Å². The molecule has 0 bridgehead atoms. The zero-order chi connectivity index (χ0) is 33.8. The number of hydrogen-bond acceptors (Lipinski definition) is 0. The van der Waals surface area contributed by atoms with E-state index in [0.717, 1.165) is 0 Å². The summed E-state index contributed by atoms with van der Waals surface area (Å²) >= 11 is 0. The van der Waals surface area contributed by atoms with Crippen LogP contribution in [0.2, 0.25) is 0 Å². The molecule has 0 atom stereocenters. The lowest BCUT2D eigenvalue weighted by Gasteiger charge is -2.25. The van der Waals surface area contributed by atoms with Crippen molar-refractivity contribution in [3.8, 4) is 33.4 Å². The Kier molecular flexibility index (Phi) is 5.82. The molecule has 0 N–H and O–H groups in total. The van der Waals surface area contributed by atoms with Crippen LogP contribution < -0.4 is 0 Å². The van der Waals surface area contributed by atoms with Gasteiger partial charge in [-0.25, -0.2) is 0 Å². The molecule has 0 aromatic heterocycles. The van der Waals surface area contributed by atoms with Crippen LogP contribution in [0.25, 0.3) is 98.0 Å². The summed E-state index contributed by atoms with van der Waals surface area (Å²) in [4.78, 5) is 0. The van der Waals surface area contributed by atoms with Crippen molar-refractivity contribution in [3.05, 3.63) is 181 Å². The predicted octanol–water partition coefficient (Wildman–Crippen LogP) is 14.2. The van der Waals surface area contributed by atoms with Gasteiger partial charge in [0.15, 0.2) is 0 Å². The minimum atomic E-state index is -0.139. The second-order valence-corrected chi connectivity index (χ2v) is 14.8.